The van der Waals surface area contributed by atoms with E-state index < -0.39 is 0 Å². The molecule has 0 aliphatic heterocycles. The van der Waals surface area contributed by atoms with Crippen LogP contribution in [-0.2, 0) is 13.1 Å². The number of aromatic nitrogens is 1. The van der Waals surface area contributed by atoms with E-state index in [1.807, 2.05) is 6.07 Å². The Labute approximate surface area is 128 Å². The van der Waals surface area contributed by atoms with E-state index >= 15 is 0 Å². The van der Waals surface area contributed by atoms with Crippen LogP contribution in [0, 0.1) is 0 Å². The number of benzene rings is 1. The molecule has 0 saturated heterocycles. The fourth-order valence-corrected chi connectivity index (χ4v) is 3.57. The van der Waals surface area contributed by atoms with Crippen LogP contribution in [0.4, 0.5) is 0 Å². The van der Waals surface area contributed by atoms with Gasteiger partial charge in [-0.1, -0.05) is 36.7 Å². The minimum absolute atomic E-state index is 0.851. The summed E-state index contributed by atoms with van der Waals surface area (Å²) in [6.07, 6.45) is 2.16. The third-order valence-corrected chi connectivity index (χ3v) is 4.61. The zero-order valence-corrected chi connectivity index (χ0v) is 13.0. The van der Waals surface area contributed by atoms with Gasteiger partial charge in [0.15, 0.2) is 0 Å². The van der Waals surface area contributed by atoms with Crippen LogP contribution < -0.4 is 5.32 Å². The number of para-hydroxylation sites is 1. The lowest BCUT2D eigenvalue weighted by Crippen LogP contribution is -2.12. The van der Waals surface area contributed by atoms with Crippen molar-refractivity contribution in [1.82, 2.24) is 9.88 Å². The van der Waals surface area contributed by atoms with Gasteiger partial charge < -0.3 is 9.88 Å². The molecule has 20 heavy (non-hydrogen) atoms. The summed E-state index contributed by atoms with van der Waals surface area (Å²) in [6.45, 7) is 4.90. The van der Waals surface area contributed by atoms with Crippen molar-refractivity contribution in [3.05, 3.63) is 57.4 Å². The van der Waals surface area contributed by atoms with E-state index in [9.17, 15) is 0 Å². The van der Waals surface area contributed by atoms with Gasteiger partial charge in [0.2, 0.25) is 0 Å². The summed E-state index contributed by atoms with van der Waals surface area (Å²) in [5.74, 6) is 0. The molecule has 0 aliphatic rings. The van der Waals surface area contributed by atoms with E-state index in [2.05, 4.69) is 53.3 Å². The zero-order chi connectivity index (χ0) is 13.9. The van der Waals surface area contributed by atoms with Gasteiger partial charge in [-0.15, -0.1) is 11.3 Å². The number of nitrogens with one attached hydrogen (secondary N) is 1. The van der Waals surface area contributed by atoms with E-state index in [-0.39, 0.29) is 0 Å². The van der Waals surface area contributed by atoms with Crippen molar-refractivity contribution in [2.45, 2.75) is 20.0 Å². The first-order valence-electron chi connectivity index (χ1n) is 6.79. The van der Waals surface area contributed by atoms with Crippen molar-refractivity contribution in [2.24, 2.45) is 0 Å². The Morgan fingerprint density at radius 1 is 1.20 bits per heavy atom. The maximum absolute atomic E-state index is 6.02. The number of hydrogen-bond donors (Lipinski definition) is 1. The monoisotopic (exact) mass is 304 g/mol. The fourth-order valence-electron chi connectivity index (χ4n) is 2.48. The van der Waals surface area contributed by atoms with Crippen LogP contribution in [0.1, 0.15) is 17.4 Å². The summed E-state index contributed by atoms with van der Waals surface area (Å²) in [5.41, 5.74) is 2.66. The summed E-state index contributed by atoms with van der Waals surface area (Å²) < 4.78 is 3.16. The first-order valence-corrected chi connectivity index (χ1v) is 7.99. The predicted molar refractivity (Wildman–Crippen MR) is 87.7 cm³/mol. The van der Waals surface area contributed by atoms with Gasteiger partial charge in [0, 0.05) is 17.6 Å². The Morgan fingerprint density at radius 3 is 2.85 bits per heavy atom. The normalized spacial score (nSPS) is 11.3. The number of fused-ring (bicyclic) bond motifs is 1. The molecule has 4 heteroatoms. The summed E-state index contributed by atoms with van der Waals surface area (Å²) >= 11 is 7.67. The van der Waals surface area contributed by atoms with Gasteiger partial charge in [0.1, 0.15) is 0 Å². The molecule has 2 heterocycles. The van der Waals surface area contributed by atoms with Crippen molar-refractivity contribution in [3.63, 3.8) is 0 Å². The molecule has 3 aromatic rings. The molecule has 0 atom stereocenters. The first-order chi connectivity index (χ1) is 9.78. The van der Waals surface area contributed by atoms with Crippen molar-refractivity contribution in [2.75, 3.05) is 6.54 Å². The van der Waals surface area contributed by atoms with Crippen LogP contribution in [0.3, 0.4) is 0 Å². The Hall–Kier alpha value is -1.29. The second-order valence-electron chi connectivity index (χ2n) is 4.78. The summed E-state index contributed by atoms with van der Waals surface area (Å²) in [7, 11) is 0. The Kier molecular flexibility index (Phi) is 4.10. The van der Waals surface area contributed by atoms with Crippen molar-refractivity contribution in [3.8, 4) is 0 Å². The number of rotatable bonds is 5. The lowest BCUT2D eigenvalue weighted by molar-refractivity contribution is 0.724. The molecular weight excluding hydrogens is 288 g/mol. The van der Waals surface area contributed by atoms with Gasteiger partial charge in [-0.05, 0) is 35.7 Å². The van der Waals surface area contributed by atoms with E-state index in [1.165, 1.54) is 21.3 Å². The van der Waals surface area contributed by atoms with Crippen molar-refractivity contribution >= 4 is 33.8 Å². The number of thiophene rings is 1. The average molecular weight is 305 g/mol. The molecule has 0 fully saturated rings. The molecule has 1 N–H and O–H groups in total. The highest BCUT2D eigenvalue weighted by Crippen LogP contribution is 2.26. The second kappa shape index (κ2) is 6.00. The van der Waals surface area contributed by atoms with Gasteiger partial charge in [-0.3, -0.25) is 0 Å². The average Bonchev–Trinajstić information content (AvgIpc) is 3.04. The van der Waals surface area contributed by atoms with E-state index in [0.29, 0.717) is 0 Å². The van der Waals surface area contributed by atoms with Crippen LogP contribution in [0.15, 0.2) is 42.6 Å². The molecule has 0 aliphatic carbocycles. The smallest absolute Gasteiger partial charge is 0.0931 e. The van der Waals surface area contributed by atoms with Crippen LogP contribution in [0.5, 0.6) is 0 Å². The van der Waals surface area contributed by atoms with Crippen LogP contribution in [-0.4, -0.2) is 11.1 Å². The highest BCUT2D eigenvalue weighted by Gasteiger charge is 2.07. The molecule has 1 aromatic carbocycles. The van der Waals surface area contributed by atoms with Crippen LogP contribution in [0.25, 0.3) is 10.9 Å². The molecule has 104 valence electrons. The number of halogens is 1. The SMILES string of the molecule is CCNCc1cccc2ccn(Cc3ccc(Cl)s3)c12. The maximum Gasteiger partial charge on any atom is 0.0931 e. The molecule has 0 saturated carbocycles. The van der Waals surface area contributed by atoms with Gasteiger partial charge >= 0.3 is 0 Å². The molecule has 2 aromatic heterocycles. The van der Waals surface area contributed by atoms with Gasteiger partial charge in [0.25, 0.3) is 0 Å². The van der Waals surface area contributed by atoms with Crippen molar-refractivity contribution in [1.29, 1.82) is 0 Å². The minimum Gasteiger partial charge on any atom is -0.342 e. The van der Waals surface area contributed by atoms with E-state index in [1.54, 1.807) is 11.3 Å². The van der Waals surface area contributed by atoms with Crippen LogP contribution >= 0.6 is 22.9 Å². The molecule has 3 rings (SSSR count). The van der Waals surface area contributed by atoms with Crippen molar-refractivity contribution < 1.29 is 0 Å². The molecular formula is C16H17ClN2S. The molecule has 0 radical (unpaired) electrons. The molecule has 0 bridgehead atoms. The van der Waals surface area contributed by atoms with Crippen LogP contribution in [0.2, 0.25) is 4.34 Å². The zero-order valence-electron chi connectivity index (χ0n) is 11.4. The lowest BCUT2D eigenvalue weighted by Gasteiger charge is -2.09. The second-order valence-corrected chi connectivity index (χ2v) is 6.58. The topological polar surface area (TPSA) is 17.0 Å². The Morgan fingerprint density at radius 2 is 2.10 bits per heavy atom. The highest BCUT2D eigenvalue weighted by atomic mass is 35.5. The summed E-state index contributed by atoms with van der Waals surface area (Å²) in [4.78, 5) is 1.28. The third kappa shape index (κ3) is 2.75. The van der Waals surface area contributed by atoms with Gasteiger partial charge in [-0.2, -0.15) is 0 Å². The largest absolute Gasteiger partial charge is 0.342 e. The predicted octanol–water partition coefficient (Wildman–Crippen LogP) is 4.51. The Bertz CT molecular complexity index is 714. The highest BCUT2D eigenvalue weighted by molar-refractivity contribution is 7.16. The third-order valence-electron chi connectivity index (χ3n) is 3.39. The van der Waals surface area contributed by atoms with Gasteiger partial charge in [-0.25, -0.2) is 0 Å². The Balaban J connectivity index is 1.98. The van der Waals surface area contributed by atoms with E-state index in [4.69, 9.17) is 11.6 Å². The van der Waals surface area contributed by atoms with Gasteiger partial charge in [0.05, 0.1) is 16.4 Å². The fraction of sp³-hybridized carbons (Fsp3) is 0.250. The minimum atomic E-state index is 0.851. The molecule has 0 unspecified atom stereocenters. The standard InChI is InChI=1S/C16H17ClN2S/c1-2-18-10-13-5-3-4-12-8-9-19(16(12)13)11-14-6-7-15(17)20-14/h3-9,18H,2,10-11H2,1H3. The lowest BCUT2D eigenvalue weighted by atomic mass is 10.1. The summed E-state index contributed by atoms with van der Waals surface area (Å²) in [6, 6.07) is 12.7. The maximum atomic E-state index is 6.02. The first kappa shape index (κ1) is 13.7. The molecule has 2 nitrogen and oxygen atoms in total. The molecule has 0 amide bonds. The number of nitrogens with zero attached hydrogens (tertiary/aromatic N) is 1. The number of hydrogen-bond acceptors (Lipinski definition) is 2. The van der Waals surface area contributed by atoms with E-state index in [0.717, 1.165) is 24.0 Å². The molecule has 0 spiro atoms. The quantitative estimate of drug-likeness (QED) is 0.733. The summed E-state index contributed by atoms with van der Waals surface area (Å²) in [5, 5.41) is 4.70.